The molecule has 0 bridgehead atoms. The molecule has 1 aromatic carbocycles. The van der Waals surface area contributed by atoms with Crippen molar-refractivity contribution in [1.82, 2.24) is 5.32 Å². The van der Waals surface area contributed by atoms with E-state index in [4.69, 9.17) is 9.47 Å². The van der Waals surface area contributed by atoms with Crippen LogP contribution in [0.15, 0.2) is 18.2 Å². The van der Waals surface area contributed by atoms with Gasteiger partial charge in [-0.25, -0.2) is 4.39 Å². The van der Waals surface area contributed by atoms with Gasteiger partial charge in [-0.15, -0.1) is 0 Å². The summed E-state index contributed by atoms with van der Waals surface area (Å²) in [6, 6.07) is 4.72. The Bertz CT molecular complexity index is 409. The summed E-state index contributed by atoms with van der Waals surface area (Å²) in [6.45, 7) is 7.56. The first-order chi connectivity index (χ1) is 9.81. The van der Waals surface area contributed by atoms with Gasteiger partial charge in [0.05, 0.1) is 12.3 Å². The molecule has 0 radical (unpaired) electrons. The standard InChI is InChI=1S/C15H23FN2O2/c1-2-19-10-3-11-20-15-5-4-13(16)12-14(15)18-8-6-17-7-9-18/h4-5,12,17H,2-3,6-11H2,1H3. The van der Waals surface area contributed by atoms with E-state index < -0.39 is 0 Å². The Hall–Kier alpha value is -1.33. The van der Waals surface area contributed by atoms with Crippen molar-refractivity contribution >= 4 is 5.69 Å². The highest BCUT2D eigenvalue weighted by Crippen LogP contribution is 2.29. The Balaban J connectivity index is 1.96. The Morgan fingerprint density at radius 1 is 1.25 bits per heavy atom. The van der Waals surface area contributed by atoms with E-state index in [2.05, 4.69) is 10.2 Å². The summed E-state index contributed by atoms with van der Waals surface area (Å²) in [5, 5.41) is 3.29. The molecule has 4 nitrogen and oxygen atoms in total. The van der Waals surface area contributed by atoms with Crippen LogP contribution in [0, 0.1) is 5.82 Å². The highest BCUT2D eigenvalue weighted by atomic mass is 19.1. The van der Waals surface area contributed by atoms with Gasteiger partial charge in [-0.2, -0.15) is 0 Å². The molecule has 1 saturated heterocycles. The lowest BCUT2D eigenvalue weighted by molar-refractivity contribution is 0.131. The van der Waals surface area contributed by atoms with Crippen LogP contribution in [0.1, 0.15) is 13.3 Å². The predicted octanol–water partition coefficient (Wildman–Crippen LogP) is 2.04. The fourth-order valence-corrected chi connectivity index (χ4v) is 2.25. The number of nitrogens with zero attached hydrogens (tertiary/aromatic N) is 1. The molecule has 1 N–H and O–H groups in total. The summed E-state index contributed by atoms with van der Waals surface area (Å²) in [6.07, 6.45) is 0.839. The van der Waals surface area contributed by atoms with E-state index in [0.29, 0.717) is 13.2 Å². The van der Waals surface area contributed by atoms with Crippen LogP contribution in [-0.2, 0) is 4.74 Å². The zero-order chi connectivity index (χ0) is 14.2. The van der Waals surface area contributed by atoms with Crippen molar-refractivity contribution in [3.05, 3.63) is 24.0 Å². The molecule has 0 unspecified atom stereocenters. The molecule has 0 atom stereocenters. The van der Waals surface area contributed by atoms with Crippen LogP contribution >= 0.6 is 0 Å². The molecule has 112 valence electrons. The number of piperazine rings is 1. The lowest BCUT2D eigenvalue weighted by Gasteiger charge is -2.30. The van der Waals surface area contributed by atoms with Gasteiger partial charge in [-0.1, -0.05) is 0 Å². The van der Waals surface area contributed by atoms with Crippen LogP contribution < -0.4 is 15.0 Å². The van der Waals surface area contributed by atoms with Crippen LogP contribution in [0.3, 0.4) is 0 Å². The molecule has 1 aromatic rings. The topological polar surface area (TPSA) is 33.7 Å². The number of ether oxygens (including phenoxy) is 2. The van der Waals surface area contributed by atoms with Gasteiger partial charge in [0.1, 0.15) is 11.6 Å². The molecule has 0 saturated carbocycles. The van der Waals surface area contributed by atoms with Crippen LogP contribution in [0.25, 0.3) is 0 Å². The first-order valence-electron chi connectivity index (χ1n) is 7.27. The van der Waals surface area contributed by atoms with Crippen LogP contribution in [0.4, 0.5) is 10.1 Å². The summed E-state index contributed by atoms with van der Waals surface area (Å²) in [5.41, 5.74) is 0.850. The summed E-state index contributed by atoms with van der Waals surface area (Å²) in [4.78, 5) is 2.16. The Labute approximate surface area is 119 Å². The monoisotopic (exact) mass is 282 g/mol. The number of rotatable bonds is 7. The normalized spacial score (nSPS) is 15.4. The van der Waals surface area contributed by atoms with Gasteiger partial charge < -0.3 is 19.7 Å². The van der Waals surface area contributed by atoms with E-state index in [1.54, 1.807) is 12.1 Å². The average Bonchev–Trinajstić information content (AvgIpc) is 2.49. The summed E-state index contributed by atoms with van der Waals surface area (Å²) in [7, 11) is 0. The van der Waals surface area contributed by atoms with Gasteiger partial charge in [0.25, 0.3) is 0 Å². The van der Waals surface area contributed by atoms with Crippen LogP contribution in [-0.4, -0.2) is 46.0 Å². The molecular formula is C15H23FN2O2. The fraction of sp³-hybridized carbons (Fsp3) is 0.600. The molecule has 1 fully saturated rings. The van der Waals surface area contributed by atoms with Crippen LogP contribution in [0.2, 0.25) is 0 Å². The Morgan fingerprint density at radius 3 is 2.80 bits per heavy atom. The molecular weight excluding hydrogens is 259 g/mol. The third-order valence-electron chi connectivity index (χ3n) is 3.27. The smallest absolute Gasteiger partial charge is 0.142 e. The van der Waals surface area contributed by atoms with Crippen molar-refractivity contribution in [3.8, 4) is 5.75 Å². The van der Waals surface area contributed by atoms with Crippen molar-refractivity contribution < 1.29 is 13.9 Å². The SMILES string of the molecule is CCOCCCOc1ccc(F)cc1N1CCNCC1. The van der Waals surface area contributed by atoms with Gasteiger partial charge >= 0.3 is 0 Å². The number of benzene rings is 1. The van der Waals surface area contributed by atoms with Crippen LogP contribution in [0.5, 0.6) is 5.75 Å². The third-order valence-corrected chi connectivity index (χ3v) is 3.27. The molecule has 5 heteroatoms. The van der Waals surface area contributed by atoms with Gasteiger partial charge in [0.15, 0.2) is 0 Å². The first-order valence-corrected chi connectivity index (χ1v) is 7.27. The van der Waals surface area contributed by atoms with Gasteiger partial charge in [-0.3, -0.25) is 0 Å². The number of anilines is 1. The number of halogens is 1. The summed E-state index contributed by atoms with van der Waals surface area (Å²) in [5.74, 6) is 0.532. The molecule has 20 heavy (non-hydrogen) atoms. The quantitative estimate of drug-likeness (QED) is 0.776. The fourth-order valence-electron chi connectivity index (χ4n) is 2.25. The highest BCUT2D eigenvalue weighted by molar-refractivity contribution is 5.59. The molecule has 1 aliphatic rings. The zero-order valence-corrected chi connectivity index (χ0v) is 12.0. The van der Waals surface area contributed by atoms with E-state index in [9.17, 15) is 4.39 Å². The second-order valence-electron chi connectivity index (χ2n) is 4.75. The van der Waals surface area contributed by atoms with Crippen molar-refractivity contribution in [2.24, 2.45) is 0 Å². The molecule has 0 aromatic heterocycles. The minimum atomic E-state index is -0.222. The van der Waals surface area contributed by atoms with Crippen molar-refractivity contribution in [1.29, 1.82) is 0 Å². The van der Waals surface area contributed by atoms with Crippen molar-refractivity contribution in [2.75, 3.05) is 50.9 Å². The minimum absolute atomic E-state index is 0.222. The Morgan fingerprint density at radius 2 is 2.05 bits per heavy atom. The maximum Gasteiger partial charge on any atom is 0.142 e. The molecule has 1 aliphatic heterocycles. The second kappa shape index (κ2) is 8.07. The minimum Gasteiger partial charge on any atom is -0.491 e. The first kappa shape index (κ1) is 15.1. The van der Waals surface area contributed by atoms with E-state index in [1.807, 2.05) is 6.92 Å². The lowest BCUT2D eigenvalue weighted by atomic mass is 10.2. The average molecular weight is 282 g/mol. The number of nitrogens with one attached hydrogen (secondary N) is 1. The van der Waals surface area contributed by atoms with Crippen molar-refractivity contribution in [3.63, 3.8) is 0 Å². The van der Waals surface area contributed by atoms with E-state index in [1.165, 1.54) is 6.07 Å². The van der Waals surface area contributed by atoms with E-state index in [0.717, 1.165) is 50.6 Å². The Kier molecular flexibility index (Phi) is 6.08. The molecule has 2 rings (SSSR count). The molecule has 0 aliphatic carbocycles. The van der Waals surface area contributed by atoms with Gasteiger partial charge in [0.2, 0.25) is 0 Å². The lowest BCUT2D eigenvalue weighted by Crippen LogP contribution is -2.43. The van der Waals surface area contributed by atoms with Crippen molar-refractivity contribution in [2.45, 2.75) is 13.3 Å². The highest BCUT2D eigenvalue weighted by Gasteiger charge is 2.15. The second-order valence-corrected chi connectivity index (χ2v) is 4.75. The molecule has 0 amide bonds. The summed E-state index contributed by atoms with van der Waals surface area (Å²) < 4.78 is 24.5. The molecule has 0 spiro atoms. The zero-order valence-electron chi connectivity index (χ0n) is 12.0. The van der Waals surface area contributed by atoms with E-state index in [-0.39, 0.29) is 5.82 Å². The largest absolute Gasteiger partial charge is 0.491 e. The van der Waals surface area contributed by atoms with Gasteiger partial charge in [-0.05, 0) is 19.1 Å². The maximum absolute atomic E-state index is 13.5. The number of hydrogen-bond acceptors (Lipinski definition) is 4. The number of hydrogen-bond donors (Lipinski definition) is 1. The van der Waals surface area contributed by atoms with E-state index >= 15 is 0 Å². The maximum atomic E-state index is 13.5. The molecule has 1 heterocycles. The predicted molar refractivity (Wildman–Crippen MR) is 78.1 cm³/mol. The summed E-state index contributed by atoms with van der Waals surface area (Å²) >= 11 is 0. The third kappa shape index (κ3) is 4.35. The van der Waals surface area contributed by atoms with Gasteiger partial charge in [0, 0.05) is 51.9 Å².